The number of benzene rings is 1. The Morgan fingerprint density at radius 3 is 3.07 bits per heavy atom. The van der Waals surface area contributed by atoms with Gasteiger partial charge in [0.25, 0.3) is 6.01 Å². The van der Waals surface area contributed by atoms with Crippen molar-refractivity contribution in [3.8, 4) is 0 Å². The summed E-state index contributed by atoms with van der Waals surface area (Å²) in [5, 5.41) is 2.99. The lowest BCUT2D eigenvalue weighted by Gasteiger charge is -1.95. The van der Waals surface area contributed by atoms with E-state index in [1.54, 1.807) is 0 Å². The van der Waals surface area contributed by atoms with Crippen molar-refractivity contribution in [3.63, 3.8) is 0 Å². The van der Waals surface area contributed by atoms with E-state index in [0.717, 1.165) is 15.6 Å². The zero-order valence-corrected chi connectivity index (χ0v) is 9.04. The topological polar surface area (TPSA) is 64.1 Å². The van der Waals surface area contributed by atoms with Crippen LogP contribution in [0.4, 0.5) is 6.01 Å². The smallest absolute Gasteiger partial charge is 0.295 e. The van der Waals surface area contributed by atoms with Crippen LogP contribution in [0.5, 0.6) is 0 Å². The summed E-state index contributed by atoms with van der Waals surface area (Å²) in [4.78, 5) is 4.25. The largest absolute Gasteiger partial charge is 0.422 e. The molecule has 4 nitrogen and oxygen atoms in total. The normalized spacial score (nSPS) is 10.7. The second-order valence-electron chi connectivity index (χ2n) is 2.82. The molecule has 0 saturated heterocycles. The van der Waals surface area contributed by atoms with Crippen LogP contribution in [0.3, 0.4) is 0 Å². The van der Waals surface area contributed by atoms with Crippen molar-refractivity contribution in [2.45, 2.75) is 0 Å². The van der Waals surface area contributed by atoms with Gasteiger partial charge in [0.2, 0.25) is 0 Å². The summed E-state index contributed by atoms with van der Waals surface area (Å²) in [6, 6.07) is 6.25. The van der Waals surface area contributed by atoms with E-state index in [2.05, 4.69) is 26.2 Å². The fourth-order valence-electron chi connectivity index (χ4n) is 1.17. The molecule has 0 aliphatic rings. The van der Waals surface area contributed by atoms with Crippen LogP contribution in [0.15, 0.2) is 27.1 Å². The average Bonchev–Trinajstić information content (AvgIpc) is 2.59. The fourth-order valence-corrected chi connectivity index (χ4v) is 1.61. The average molecular weight is 256 g/mol. The van der Waals surface area contributed by atoms with E-state index in [1.165, 1.54) is 0 Å². The Labute approximate surface area is 89.6 Å². The van der Waals surface area contributed by atoms with Gasteiger partial charge in [-0.05, 0) is 28.1 Å². The van der Waals surface area contributed by atoms with Crippen LogP contribution >= 0.6 is 15.9 Å². The number of fused-ring (bicyclic) bond motifs is 1. The van der Waals surface area contributed by atoms with Gasteiger partial charge in [-0.2, -0.15) is 4.98 Å². The van der Waals surface area contributed by atoms with Crippen LogP contribution in [-0.2, 0) is 0 Å². The number of halogens is 1. The van der Waals surface area contributed by atoms with Gasteiger partial charge in [-0.3, -0.25) is 0 Å². The molecule has 74 valence electrons. The maximum atomic E-state index is 5.48. The van der Waals surface area contributed by atoms with E-state index in [9.17, 15) is 0 Å². The molecule has 0 aliphatic carbocycles. The van der Waals surface area contributed by atoms with Crippen LogP contribution in [0, 0.1) is 0 Å². The Balaban J connectivity index is 2.36. The number of nitrogens with two attached hydrogens (primary N) is 1. The van der Waals surface area contributed by atoms with Gasteiger partial charge in [0.05, 0.1) is 4.47 Å². The maximum Gasteiger partial charge on any atom is 0.295 e. The number of para-hydroxylation sites is 1. The second kappa shape index (κ2) is 3.98. The molecule has 0 spiro atoms. The molecule has 0 radical (unpaired) electrons. The lowest BCUT2D eigenvalue weighted by Crippen LogP contribution is -2.13. The first-order valence-corrected chi connectivity index (χ1v) is 5.09. The fraction of sp³-hybridized carbons (Fsp3) is 0.222. The summed E-state index contributed by atoms with van der Waals surface area (Å²) < 4.78 is 6.38. The lowest BCUT2D eigenvalue weighted by molar-refractivity contribution is 0.613. The quantitative estimate of drug-likeness (QED) is 0.881. The molecule has 0 saturated carbocycles. The van der Waals surface area contributed by atoms with Gasteiger partial charge < -0.3 is 15.5 Å². The van der Waals surface area contributed by atoms with Gasteiger partial charge in [-0.15, -0.1) is 0 Å². The van der Waals surface area contributed by atoms with Gasteiger partial charge in [0.15, 0.2) is 5.58 Å². The van der Waals surface area contributed by atoms with E-state index in [-0.39, 0.29) is 0 Å². The summed E-state index contributed by atoms with van der Waals surface area (Å²) in [7, 11) is 0. The highest BCUT2D eigenvalue weighted by Gasteiger charge is 2.06. The molecule has 1 aromatic heterocycles. The van der Waals surface area contributed by atoms with Gasteiger partial charge in [-0.25, -0.2) is 0 Å². The molecule has 0 amide bonds. The zero-order valence-electron chi connectivity index (χ0n) is 7.46. The Bertz CT molecular complexity index is 441. The van der Waals surface area contributed by atoms with E-state index in [1.807, 2.05) is 18.2 Å². The molecule has 14 heavy (non-hydrogen) atoms. The predicted molar refractivity (Wildman–Crippen MR) is 59.3 cm³/mol. The first kappa shape index (κ1) is 9.48. The van der Waals surface area contributed by atoms with Crippen LogP contribution in [-0.4, -0.2) is 18.1 Å². The van der Waals surface area contributed by atoms with Gasteiger partial charge in [0.1, 0.15) is 5.52 Å². The Morgan fingerprint density at radius 1 is 1.50 bits per heavy atom. The van der Waals surface area contributed by atoms with E-state index in [0.29, 0.717) is 19.1 Å². The molecule has 3 N–H and O–H groups in total. The van der Waals surface area contributed by atoms with Crippen LogP contribution in [0.25, 0.3) is 11.1 Å². The highest BCUT2D eigenvalue weighted by molar-refractivity contribution is 9.10. The number of aromatic nitrogens is 1. The number of hydrogen-bond acceptors (Lipinski definition) is 4. The second-order valence-corrected chi connectivity index (χ2v) is 3.68. The predicted octanol–water partition coefficient (Wildman–Crippen LogP) is 1.96. The molecule has 1 heterocycles. The maximum absolute atomic E-state index is 5.48. The van der Waals surface area contributed by atoms with Crippen molar-refractivity contribution in [3.05, 3.63) is 22.7 Å². The minimum atomic E-state index is 0.511. The summed E-state index contributed by atoms with van der Waals surface area (Å²) in [6.45, 7) is 1.21. The Kier molecular flexibility index (Phi) is 2.69. The van der Waals surface area contributed by atoms with Crippen molar-refractivity contribution in [2.24, 2.45) is 5.73 Å². The van der Waals surface area contributed by atoms with E-state index in [4.69, 9.17) is 10.2 Å². The number of nitrogens with zero attached hydrogens (tertiary/aromatic N) is 1. The van der Waals surface area contributed by atoms with Gasteiger partial charge >= 0.3 is 0 Å². The van der Waals surface area contributed by atoms with Crippen molar-refractivity contribution >= 4 is 33.0 Å². The van der Waals surface area contributed by atoms with Crippen molar-refractivity contribution in [1.82, 2.24) is 4.98 Å². The molecule has 2 rings (SSSR count). The summed E-state index contributed by atoms with van der Waals surface area (Å²) in [6.07, 6.45) is 0. The molecule has 0 bridgehead atoms. The Hall–Kier alpha value is -1.07. The summed E-state index contributed by atoms with van der Waals surface area (Å²) in [5.74, 6) is 0. The summed E-state index contributed by atoms with van der Waals surface area (Å²) >= 11 is 3.39. The van der Waals surface area contributed by atoms with E-state index >= 15 is 0 Å². The molecule has 2 aromatic rings. The van der Waals surface area contributed by atoms with Gasteiger partial charge in [-0.1, -0.05) is 6.07 Å². The van der Waals surface area contributed by atoms with E-state index < -0.39 is 0 Å². The van der Waals surface area contributed by atoms with Gasteiger partial charge in [0, 0.05) is 13.1 Å². The molecule has 0 aliphatic heterocycles. The molecule has 0 unspecified atom stereocenters. The zero-order chi connectivity index (χ0) is 9.97. The highest BCUT2D eigenvalue weighted by atomic mass is 79.9. The molecule has 1 aromatic carbocycles. The molecule has 0 fully saturated rings. The highest BCUT2D eigenvalue weighted by Crippen LogP contribution is 2.26. The first-order valence-electron chi connectivity index (χ1n) is 4.30. The third kappa shape index (κ3) is 1.73. The number of oxazole rings is 1. The monoisotopic (exact) mass is 255 g/mol. The molecule has 5 heteroatoms. The van der Waals surface area contributed by atoms with Crippen molar-refractivity contribution < 1.29 is 4.42 Å². The van der Waals surface area contributed by atoms with Crippen molar-refractivity contribution in [2.75, 3.05) is 18.4 Å². The first-order chi connectivity index (χ1) is 6.81. The molecular formula is C9H10BrN3O. The van der Waals surface area contributed by atoms with Crippen LogP contribution in [0.2, 0.25) is 0 Å². The number of nitrogens with one attached hydrogen (secondary N) is 1. The minimum Gasteiger partial charge on any atom is -0.422 e. The molecular weight excluding hydrogens is 246 g/mol. The SMILES string of the molecule is NCCNc1nc2cccc(Br)c2o1. The number of hydrogen-bond donors (Lipinski definition) is 2. The standard InChI is InChI=1S/C9H10BrN3O/c10-6-2-1-3-7-8(6)14-9(13-7)12-5-4-11/h1-3H,4-5,11H2,(H,12,13). The third-order valence-corrected chi connectivity index (χ3v) is 2.41. The third-order valence-electron chi connectivity index (χ3n) is 1.79. The van der Waals surface area contributed by atoms with Crippen LogP contribution in [0.1, 0.15) is 0 Å². The number of anilines is 1. The number of rotatable bonds is 3. The lowest BCUT2D eigenvalue weighted by atomic mass is 10.3. The molecule has 0 atom stereocenters. The minimum absolute atomic E-state index is 0.511. The van der Waals surface area contributed by atoms with Crippen LogP contribution < -0.4 is 11.1 Å². The Morgan fingerprint density at radius 2 is 2.36 bits per heavy atom. The summed E-state index contributed by atoms with van der Waals surface area (Å²) in [5.41, 5.74) is 6.95. The van der Waals surface area contributed by atoms with Crippen molar-refractivity contribution in [1.29, 1.82) is 0 Å².